The summed E-state index contributed by atoms with van der Waals surface area (Å²) >= 11 is 0. The van der Waals surface area contributed by atoms with Crippen LogP contribution >= 0.6 is 0 Å². The summed E-state index contributed by atoms with van der Waals surface area (Å²) in [4.78, 5) is 20.2. The number of pyridine rings is 1. The maximum absolute atomic E-state index is 12.8. The fourth-order valence-electron chi connectivity index (χ4n) is 4.06. The van der Waals surface area contributed by atoms with E-state index in [9.17, 15) is 18.0 Å². The molecule has 1 spiro atoms. The third-order valence-corrected chi connectivity index (χ3v) is 5.88. The van der Waals surface area contributed by atoms with Crippen LogP contribution in [0.3, 0.4) is 0 Å². The van der Waals surface area contributed by atoms with Crippen molar-refractivity contribution in [3.63, 3.8) is 0 Å². The lowest BCUT2D eigenvalue weighted by Gasteiger charge is -2.48. The van der Waals surface area contributed by atoms with Crippen molar-refractivity contribution < 1.29 is 18.0 Å². The van der Waals surface area contributed by atoms with Crippen molar-refractivity contribution in [1.29, 1.82) is 0 Å². The number of nitrogens with zero attached hydrogens (tertiary/aromatic N) is 3. The molecule has 2 aliphatic heterocycles. The largest absolute Gasteiger partial charge is 0.392 e. The van der Waals surface area contributed by atoms with Crippen molar-refractivity contribution in [3.05, 3.63) is 30.1 Å². The van der Waals surface area contributed by atoms with Crippen LogP contribution in [0.15, 0.2) is 24.5 Å². The highest BCUT2D eigenvalue weighted by Gasteiger charge is 2.42. The second kappa shape index (κ2) is 7.55. The number of amides is 1. The number of piperidine rings is 2. The molecule has 0 bridgehead atoms. The lowest BCUT2D eigenvalue weighted by Crippen LogP contribution is -2.52. The number of halogens is 3. The number of alkyl halides is 3. The molecule has 1 atom stereocenters. The van der Waals surface area contributed by atoms with Gasteiger partial charge in [-0.3, -0.25) is 9.78 Å². The molecule has 0 saturated carbocycles. The average molecular weight is 369 g/mol. The van der Waals surface area contributed by atoms with Gasteiger partial charge in [0.25, 0.3) is 0 Å². The van der Waals surface area contributed by atoms with Crippen LogP contribution in [-0.2, 0) is 11.3 Å². The van der Waals surface area contributed by atoms with Crippen LogP contribution < -0.4 is 0 Å². The Kier molecular flexibility index (Phi) is 5.55. The molecule has 0 N–H and O–H groups in total. The zero-order valence-electron chi connectivity index (χ0n) is 15.1. The highest BCUT2D eigenvalue weighted by molar-refractivity contribution is 5.77. The van der Waals surface area contributed by atoms with Crippen molar-refractivity contribution in [2.24, 2.45) is 11.3 Å². The van der Waals surface area contributed by atoms with Crippen LogP contribution in [0, 0.1) is 11.3 Å². The van der Waals surface area contributed by atoms with Gasteiger partial charge in [0.1, 0.15) is 0 Å². The van der Waals surface area contributed by atoms with Crippen LogP contribution in [-0.4, -0.2) is 53.0 Å². The highest BCUT2D eigenvalue weighted by atomic mass is 19.4. The van der Waals surface area contributed by atoms with Gasteiger partial charge in [-0.15, -0.1) is 0 Å². The normalized spacial score (nSPS) is 22.6. The number of carbonyl (C=O) groups excluding carboxylic acids is 1. The van der Waals surface area contributed by atoms with Crippen LogP contribution in [0.1, 0.15) is 38.2 Å². The van der Waals surface area contributed by atoms with Crippen molar-refractivity contribution in [2.45, 2.75) is 45.3 Å². The molecule has 2 aliphatic rings. The predicted molar refractivity (Wildman–Crippen MR) is 92.2 cm³/mol. The second-order valence-electron chi connectivity index (χ2n) is 7.85. The molecular weight excluding hydrogens is 343 g/mol. The Bertz CT molecular complexity index is 612. The number of aromatic nitrogens is 1. The van der Waals surface area contributed by atoms with E-state index in [4.69, 9.17) is 0 Å². The van der Waals surface area contributed by atoms with Crippen LogP contribution in [0.4, 0.5) is 13.2 Å². The van der Waals surface area contributed by atoms with Gasteiger partial charge in [-0.2, -0.15) is 13.2 Å². The second-order valence-corrected chi connectivity index (χ2v) is 7.85. The molecule has 26 heavy (non-hydrogen) atoms. The molecule has 4 nitrogen and oxygen atoms in total. The number of hydrogen-bond donors (Lipinski definition) is 0. The molecule has 1 aromatic heterocycles. The molecule has 0 aromatic carbocycles. The molecule has 1 aromatic rings. The van der Waals surface area contributed by atoms with E-state index in [0.29, 0.717) is 32.6 Å². The van der Waals surface area contributed by atoms with Crippen molar-refractivity contribution in [1.82, 2.24) is 14.8 Å². The highest BCUT2D eigenvalue weighted by Crippen LogP contribution is 2.41. The minimum Gasteiger partial charge on any atom is -0.338 e. The lowest BCUT2D eigenvalue weighted by atomic mass is 9.72. The number of rotatable bonds is 4. The summed E-state index contributed by atoms with van der Waals surface area (Å²) < 4.78 is 38.3. The van der Waals surface area contributed by atoms with Gasteiger partial charge >= 0.3 is 6.18 Å². The standard InChI is InChI=1S/C19H26F3N3O/c1-15(19(20,21)22)12-24-10-6-18(7-11-24)5-2-17(26)25(14-18)13-16-3-8-23-9-4-16/h3-4,8-9,15H,2,5-7,10-14H2,1H3/t15-/m1/s1. The monoisotopic (exact) mass is 369 g/mol. The van der Waals surface area contributed by atoms with Gasteiger partial charge in [0.05, 0.1) is 5.92 Å². The maximum atomic E-state index is 12.8. The molecule has 0 unspecified atom stereocenters. The SMILES string of the molecule is C[C@H](CN1CCC2(CCC(=O)N(Cc3ccncc3)C2)CC1)C(F)(F)F. The van der Waals surface area contributed by atoms with E-state index in [-0.39, 0.29) is 17.9 Å². The van der Waals surface area contributed by atoms with E-state index in [1.807, 2.05) is 21.9 Å². The molecule has 0 aliphatic carbocycles. The van der Waals surface area contributed by atoms with Gasteiger partial charge in [0.15, 0.2) is 0 Å². The van der Waals surface area contributed by atoms with Gasteiger partial charge in [-0.05, 0) is 55.5 Å². The molecule has 7 heteroatoms. The fraction of sp³-hybridized carbons (Fsp3) is 0.684. The van der Waals surface area contributed by atoms with Gasteiger partial charge in [0, 0.05) is 38.4 Å². The Labute approximate surface area is 152 Å². The minimum absolute atomic E-state index is 0.0545. The average Bonchev–Trinajstić information content (AvgIpc) is 2.60. The summed E-state index contributed by atoms with van der Waals surface area (Å²) in [6.07, 6.45) is 2.41. The van der Waals surface area contributed by atoms with Gasteiger partial charge in [-0.1, -0.05) is 6.92 Å². The smallest absolute Gasteiger partial charge is 0.338 e. The fourth-order valence-corrected chi connectivity index (χ4v) is 4.06. The first-order valence-corrected chi connectivity index (χ1v) is 9.23. The summed E-state index contributed by atoms with van der Waals surface area (Å²) in [5.41, 5.74) is 1.11. The van der Waals surface area contributed by atoms with Crippen molar-refractivity contribution in [3.8, 4) is 0 Å². The molecule has 144 valence electrons. The summed E-state index contributed by atoms with van der Waals surface area (Å²) in [5, 5.41) is 0. The first-order valence-electron chi connectivity index (χ1n) is 9.23. The molecule has 1 amide bonds. The number of carbonyl (C=O) groups is 1. The topological polar surface area (TPSA) is 36.4 Å². The van der Waals surface area contributed by atoms with E-state index >= 15 is 0 Å². The number of likely N-dealkylation sites (tertiary alicyclic amines) is 2. The maximum Gasteiger partial charge on any atom is 0.392 e. The third-order valence-electron chi connectivity index (χ3n) is 5.88. The van der Waals surface area contributed by atoms with Gasteiger partial charge in [-0.25, -0.2) is 0 Å². The van der Waals surface area contributed by atoms with E-state index in [2.05, 4.69) is 4.98 Å². The summed E-state index contributed by atoms with van der Waals surface area (Å²) in [7, 11) is 0. The molecule has 0 radical (unpaired) electrons. The van der Waals surface area contributed by atoms with E-state index < -0.39 is 12.1 Å². The Balaban J connectivity index is 1.57. The van der Waals surface area contributed by atoms with Crippen LogP contribution in [0.2, 0.25) is 0 Å². The summed E-state index contributed by atoms with van der Waals surface area (Å²) in [5.74, 6) is -1.13. The van der Waals surface area contributed by atoms with E-state index in [1.54, 1.807) is 12.4 Å². The Morgan fingerprint density at radius 3 is 2.46 bits per heavy atom. The third kappa shape index (κ3) is 4.55. The molecular formula is C19H26F3N3O. The van der Waals surface area contributed by atoms with Crippen molar-refractivity contribution >= 4 is 5.91 Å². The lowest BCUT2D eigenvalue weighted by molar-refractivity contribution is -0.175. The van der Waals surface area contributed by atoms with Crippen molar-refractivity contribution in [2.75, 3.05) is 26.2 Å². The van der Waals surface area contributed by atoms with E-state index in [1.165, 1.54) is 6.92 Å². The summed E-state index contributed by atoms with van der Waals surface area (Å²) in [6.45, 7) is 3.96. The zero-order valence-corrected chi connectivity index (χ0v) is 15.1. The zero-order chi connectivity index (χ0) is 18.8. The predicted octanol–water partition coefficient (Wildman–Crippen LogP) is 3.48. The Morgan fingerprint density at radius 2 is 1.85 bits per heavy atom. The molecule has 3 rings (SSSR count). The van der Waals surface area contributed by atoms with Crippen LogP contribution in [0.25, 0.3) is 0 Å². The first kappa shape index (κ1) is 19.1. The van der Waals surface area contributed by atoms with E-state index in [0.717, 1.165) is 24.8 Å². The molecule has 2 saturated heterocycles. The van der Waals surface area contributed by atoms with Crippen LogP contribution in [0.5, 0.6) is 0 Å². The first-order chi connectivity index (χ1) is 12.3. The van der Waals surface area contributed by atoms with Gasteiger partial charge < -0.3 is 9.80 Å². The minimum atomic E-state index is -4.13. The molecule has 3 heterocycles. The Morgan fingerprint density at radius 1 is 1.19 bits per heavy atom. The quantitative estimate of drug-likeness (QED) is 0.815. The Hall–Kier alpha value is -1.63. The summed E-state index contributed by atoms with van der Waals surface area (Å²) in [6, 6.07) is 3.82. The van der Waals surface area contributed by atoms with Gasteiger partial charge in [0.2, 0.25) is 5.91 Å². The number of hydrogen-bond acceptors (Lipinski definition) is 3. The molecule has 2 fully saturated rings.